The summed E-state index contributed by atoms with van der Waals surface area (Å²) in [4.78, 5) is 30.3. The number of rotatable bonds is 11. The largest absolute Gasteiger partial charge is 0.477 e. The second-order valence-corrected chi connectivity index (χ2v) is 11.5. The average Bonchev–Trinajstić information content (AvgIpc) is 3.67. The fraction of sp³-hybridized carbons (Fsp3) is 0.423. The van der Waals surface area contributed by atoms with Gasteiger partial charge < -0.3 is 4.74 Å². The molecule has 1 aromatic carbocycles. The molecule has 190 valence electrons. The Hall–Kier alpha value is -3.27. The molecule has 1 aliphatic rings. The van der Waals surface area contributed by atoms with Gasteiger partial charge in [-0.25, -0.2) is 27.8 Å². The van der Waals surface area contributed by atoms with Crippen LogP contribution in [0.1, 0.15) is 56.6 Å². The summed E-state index contributed by atoms with van der Waals surface area (Å²) in [5, 5.41) is -0.314. The number of nitrogens with zero attached hydrogens (tertiary/aromatic N) is 4. The summed E-state index contributed by atoms with van der Waals surface area (Å²) in [6.45, 7) is 6.04. The number of halogens is 1. The lowest BCUT2D eigenvalue weighted by Gasteiger charge is -2.20. The second-order valence-electron chi connectivity index (χ2n) is 9.25. The van der Waals surface area contributed by atoms with Crippen LogP contribution < -0.4 is 4.74 Å². The highest BCUT2D eigenvalue weighted by atomic mass is 32.2. The maximum atomic E-state index is 15.0. The monoisotopic (exact) mass is 512 g/mol. The number of aromatic nitrogens is 4. The van der Waals surface area contributed by atoms with Crippen LogP contribution in [-0.2, 0) is 26.8 Å². The van der Waals surface area contributed by atoms with Crippen LogP contribution in [0.4, 0.5) is 4.39 Å². The van der Waals surface area contributed by atoms with E-state index in [9.17, 15) is 13.2 Å². The van der Waals surface area contributed by atoms with Gasteiger partial charge in [0.05, 0.1) is 41.6 Å². The first-order valence-electron chi connectivity index (χ1n) is 12.0. The zero-order valence-corrected chi connectivity index (χ0v) is 21.3. The molecule has 1 unspecified atom stereocenters. The molecular weight excluding hydrogens is 483 g/mol. The lowest BCUT2D eigenvalue weighted by atomic mass is 9.85. The first-order chi connectivity index (χ1) is 17.2. The maximum absolute atomic E-state index is 15.0. The lowest BCUT2D eigenvalue weighted by molar-refractivity contribution is -0.120. The molecule has 4 rings (SSSR count). The van der Waals surface area contributed by atoms with E-state index in [0.29, 0.717) is 42.3 Å². The number of ether oxygens (including phenoxy) is 1. The van der Waals surface area contributed by atoms with Crippen LogP contribution >= 0.6 is 0 Å². The van der Waals surface area contributed by atoms with Gasteiger partial charge in [0.15, 0.2) is 9.84 Å². The normalized spacial score (nSPS) is 14.6. The number of carbonyl (C=O) groups excluding carboxylic acids is 1. The summed E-state index contributed by atoms with van der Waals surface area (Å²) in [5.41, 5.74) is 1.70. The van der Waals surface area contributed by atoms with Crippen LogP contribution in [0.2, 0.25) is 0 Å². The number of carbonyl (C=O) groups is 1. The molecule has 1 atom stereocenters. The van der Waals surface area contributed by atoms with E-state index in [-0.39, 0.29) is 40.5 Å². The topological polar surface area (TPSA) is 112 Å². The minimum Gasteiger partial charge on any atom is -0.477 e. The van der Waals surface area contributed by atoms with Crippen molar-refractivity contribution in [2.24, 2.45) is 5.92 Å². The Morgan fingerprint density at radius 1 is 1.17 bits per heavy atom. The molecule has 0 spiro atoms. The highest BCUT2D eigenvalue weighted by molar-refractivity contribution is 7.91. The number of hydrogen-bond donors (Lipinski definition) is 0. The van der Waals surface area contributed by atoms with Gasteiger partial charge in [0.2, 0.25) is 5.88 Å². The molecule has 1 fully saturated rings. The Balaban J connectivity index is 1.53. The molecule has 1 saturated carbocycles. The van der Waals surface area contributed by atoms with Crippen LogP contribution in [0.25, 0.3) is 11.3 Å². The van der Waals surface area contributed by atoms with Crippen molar-refractivity contribution in [3.05, 3.63) is 65.8 Å². The summed E-state index contributed by atoms with van der Waals surface area (Å²) in [5.74, 6) is -1.18. The molecule has 0 aliphatic heterocycles. The van der Waals surface area contributed by atoms with Gasteiger partial charge in [-0.2, -0.15) is 0 Å². The van der Waals surface area contributed by atoms with E-state index >= 15 is 4.39 Å². The van der Waals surface area contributed by atoms with Crippen molar-refractivity contribution in [2.45, 2.75) is 57.0 Å². The first-order valence-corrected chi connectivity index (χ1v) is 13.7. The highest BCUT2D eigenvalue weighted by Crippen LogP contribution is 2.31. The predicted molar refractivity (Wildman–Crippen MR) is 133 cm³/mol. The van der Waals surface area contributed by atoms with Gasteiger partial charge in [-0.15, -0.1) is 0 Å². The van der Waals surface area contributed by atoms with Crippen molar-refractivity contribution < 1.29 is 22.3 Å². The van der Waals surface area contributed by atoms with Crippen LogP contribution in [0, 0.1) is 11.7 Å². The van der Waals surface area contributed by atoms with Gasteiger partial charge >= 0.3 is 0 Å². The molecule has 0 bridgehead atoms. The van der Waals surface area contributed by atoms with E-state index in [1.807, 2.05) is 20.8 Å². The zero-order valence-electron chi connectivity index (χ0n) is 20.5. The summed E-state index contributed by atoms with van der Waals surface area (Å²) < 4.78 is 45.1. The Bertz CT molecular complexity index is 1360. The number of hydrogen-bond acceptors (Lipinski definition) is 8. The standard InChI is InChI=1S/C26H29FN4O4S/c1-4-35-25-14-28-13-22(31-25)18-6-5-17(20(27)11-18)12-23(32)26(16(2)3)21-9-10-29-24(30-21)15-36(33,34)19-7-8-19/h5-6,9-11,13-14,16,19,26H,4,7-8,12,15H2,1-3H3. The molecule has 0 saturated heterocycles. The van der Waals surface area contributed by atoms with Crippen LogP contribution in [0.5, 0.6) is 5.88 Å². The SMILES string of the molecule is CCOc1cncc(-c2ccc(CC(=O)C(c3ccnc(CS(=O)(=O)C4CC4)n3)C(C)C)c(F)c2)n1. The number of sulfone groups is 1. The van der Waals surface area contributed by atoms with Crippen LogP contribution in [0.3, 0.4) is 0 Å². The Labute approximate surface area is 210 Å². The first kappa shape index (κ1) is 25.8. The summed E-state index contributed by atoms with van der Waals surface area (Å²) in [7, 11) is -3.29. The van der Waals surface area contributed by atoms with Crippen molar-refractivity contribution in [2.75, 3.05) is 6.61 Å². The van der Waals surface area contributed by atoms with Crippen LogP contribution in [0.15, 0.2) is 42.9 Å². The zero-order chi connectivity index (χ0) is 25.9. The smallest absolute Gasteiger partial charge is 0.232 e. The molecular formula is C26H29FN4O4S. The van der Waals surface area contributed by atoms with Gasteiger partial charge in [0.25, 0.3) is 0 Å². The molecule has 10 heteroatoms. The second kappa shape index (κ2) is 10.8. The Morgan fingerprint density at radius 2 is 1.94 bits per heavy atom. The lowest BCUT2D eigenvalue weighted by Crippen LogP contribution is -2.23. The van der Waals surface area contributed by atoms with Gasteiger partial charge in [-0.05, 0) is 43.4 Å². The fourth-order valence-electron chi connectivity index (χ4n) is 4.11. The molecule has 0 radical (unpaired) electrons. The highest BCUT2D eigenvalue weighted by Gasteiger charge is 2.36. The molecule has 3 aromatic rings. The molecule has 36 heavy (non-hydrogen) atoms. The third-order valence-electron chi connectivity index (χ3n) is 6.04. The summed E-state index contributed by atoms with van der Waals surface area (Å²) in [6.07, 6.45) is 5.71. The summed E-state index contributed by atoms with van der Waals surface area (Å²) >= 11 is 0. The quantitative estimate of drug-likeness (QED) is 0.377. The minimum atomic E-state index is -3.29. The van der Waals surface area contributed by atoms with Gasteiger partial charge in [-0.1, -0.05) is 26.0 Å². The van der Waals surface area contributed by atoms with E-state index in [4.69, 9.17) is 4.74 Å². The van der Waals surface area contributed by atoms with Crippen molar-refractivity contribution in [3.63, 3.8) is 0 Å². The van der Waals surface area contributed by atoms with Crippen molar-refractivity contribution in [1.29, 1.82) is 0 Å². The third kappa shape index (κ3) is 6.10. The van der Waals surface area contributed by atoms with Crippen molar-refractivity contribution >= 4 is 15.6 Å². The van der Waals surface area contributed by atoms with E-state index in [0.717, 1.165) is 0 Å². The predicted octanol–water partition coefficient (Wildman–Crippen LogP) is 4.10. The Kier molecular flexibility index (Phi) is 7.73. The molecule has 1 aliphatic carbocycles. The molecule has 2 heterocycles. The maximum Gasteiger partial charge on any atom is 0.232 e. The van der Waals surface area contributed by atoms with Crippen molar-refractivity contribution in [1.82, 2.24) is 19.9 Å². The number of benzene rings is 1. The van der Waals surface area contributed by atoms with E-state index < -0.39 is 21.6 Å². The molecule has 8 nitrogen and oxygen atoms in total. The van der Waals surface area contributed by atoms with Gasteiger partial charge in [0.1, 0.15) is 23.2 Å². The Morgan fingerprint density at radius 3 is 2.61 bits per heavy atom. The van der Waals surface area contributed by atoms with Gasteiger partial charge in [0, 0.05) is 18.2 Å². The van der Waals surface area contributed by atoms with E-state index in [1.54, 1.807) is 18.2 Å². The molecule has 2 aromatic heterocycles. The fourth-order valence-corrected chi connectivity index (χ4v) is 5.70. The molecule has 0 N–H and O–H groups in total. The van der Waals surface area contributed by atoms with E-state index in [2.05, 4.69) is 19.9 Å². The number of Topliss-reactive ketones (excluding diaryl/α,β-unsaturated/α-hetero) is 1. The average molecular weight is 513 g/mol. The van der Waals surface area contributed by atoms with Gasteiger partial charge in [-0.3, -0.25) is 9.78 Å². The third-order valence-corrected chi connectivity index (χ3v) is 8.19. The van der Waals surface area contributed by atoms with Crippen LogP contribution in [-0.4, -0.2) is 46.0 Å². The molecule has 0 amide bonds. The van der Waals surface area contributed by atoms with Crippen molar-refractivity contribution in [3.8, 4) is 17.1 Å². The van der Waals surface area contributed by atoms with E-state index in [1.165, 1.54) is 24.7 Å². The minimum absolute atomic E-state index is 0.126. The summed E-state index contributed by atoms with van der Waals surface area (Å²) in [6, 6.07) is 6.22. The number of ketones is 1.